The first-order valence-corrected chi connectivity index (χ1v) is 8.42. The molecule has 3 aromatic carbocycles. The minimum atomic E-state index is -0.522. The standard InChI is InChI=1S/C21H25NO.ClH/c1-14(2)11-12-19(23)21(22)20-17-9-5-3-7-15(17)13-16-8-4-6-10-18(16)20;/h3-10,13-14,19,21,23H,11-12,22H2,1-2H3;1H/t19-,21-;/m0./s1. The molecule has 3 heteroatoms. The molecule has 0 saturated carbocycles. The van der Waals surface area contributed by atoms with Crippen molar-refractivity contribution in [3.63, 3.8) is 0 Å². The number of benzene rings is 3. The zero-order valence-corrected chi connectivity index (χ0v) is 15.1. The van der Waals surface area contributed by atoms with Crippen LogP contribution >= 0.6 is 12.4 Å². The lowest BCUT2D eigenvalue weighted by atomic mass is 9.88. The third-order valence-electron chi connectivity index (χ3n) is 4.60. The molecule has 0 unspecified atom stereocenters. The molecule has 0 aliphatic rings. The predicted molar refractivity (Wildman–Crippen MR) is 106 cm³/mol. The maximum atomic E-state index is 10.6. The van der Waals surface area contributed by atoms with Crippen LogP contribution in [0.25, 0.3) is 21.5 Å². The van der Waals surface area contributed by atoms with Crippen molar-refractivity contribution in [2.24, 2.45) is 11.7 Å². The molecule has 0 heterocycles. The number of aliphatic hydroxyl groups excluding tert-OH is 1. The number of nitrogens with two attached hydrogens (primary N) is 1. The maximum Gasteiger partial charge on any atom is 0.0733 e. The first-order valence-electron chi connectivity index (χ1n) is 8.42. The molecule has 0 saturated heterocycles. The fourth-order valence-corrected chi connectivity index (χ4v) is 3.28. The summed E-state index contributed by atoms with van der Waals surface area (Å²) >= 11 is 0. The van der Waals surface area contributed by atoms with Gasteiger partial charge in [0.05, 0.1) is 12.1 Å². The first kappa shape index (κ1) is 18.7. The summed E-state index contributed by atoms with van der Waals surface area (Å²) in [6.45, 7) is 4.34. The van der Waals surface area contributed by atoms with E-state index in [-0.39, 0.29) is 18.4 Å². The van der Waals surface area contributed by atoms with E-state index in [9.17, 15) is 5.11 Å². The van der Waals surface area contributed by atoms with E-state index in [0.29, 0.717) is 5.92 Å². The number of hydrogen-bond acceptors (Lipinski definition) is 2. The Kier molecular flexibility index (Phi) is 6.22. The highest BCUT2D eigenvalue weighted by atomic mass is 35.5. The molecule has 0 amide bonds. The third kappa shape index (κ3) is 3.72. The van der Waals surface area contributed by atoms with Gasteiger partial charge < -0.3 is 10.8 Å². The number of rotatable bonds is 5. The summed E-state index contributed by atoms with van der Waals surface area (Å²) in [5.74, 6) is 0.570. The van der Waals surface area contributed by atoms with Crippen LogP contribution in [0, 0.1) is 5.92 Å². The van der Waals surface area contributed by atoms with Gasteiger partial charge in [-0.1, -0.05) is 62.4 Å². The summed E-state index contributed by atoms with van der Waals surface area (Å²) in [7, 11) is 0. The van der Waals surface area contributed by atoms with Gasteiger partial charge in [-0.2, -0.15) is 0 Å². The number of halogens is 1. The summed E-state index contributed by atoms with van der Waals surface area (Å²) < 4.78 is 0. The fourth-order valence-electron chi connectivity index (χ4n) is 3.28. The maximum absolute atomic E-state index is 10.6. The van der Waals surface area contributed by atoms with Gasteiger partial charge in [0, 0.05) is 0 Å². The third-order valence-corrected chi connectivity index (χ3v) is 4.60. The Labute approximate surface area is 150 Å². The minimum absolute atomic E-state index is 0. The molecule has 2 atom stereocenters. The van der Waals surface area contributed by atoms with E-state index in [0.717, 1.165) is 29.2 Å². The summed E-state index contributed by atoms with van der Waals surface area (Å²) in [5, 5.41) is 15.2. The zero-order chi connectivity index (χ0) is 16.4. The topological polar surface area (TPSA) is 46.2 Å². The van der Waals surface area contributed by atoms with Gasteiger partial charge in [0.1, 0.15) is 0 Å². The fraction of sp³-hybridized carbons (Fsp3) is 0.333. The van der Waals surface area contributed by atoms with Crippen molar-refractivity contribution in [2.45, 2.75) is 38.8 Å². The summed E-state index contributed by atoms with van der Waals surface area (Å²) in [6.07, 6.45) is 1.19. The molecular weight excluding hydrogens is 318 g/mol. The van der Waals surface area contributed by atoms with Gasteiger partial charge in [0.25, 0.3) is 0 Å². The summed E-state index contributed by atoms with van der Waals surface area (Å²) in [6, 6.07) is 18.4. The molecule has 24 heavy (non-hydrogen) atoms. The Hall–Kier alpha value is -1.61. The van der Waals surface area contributed by atoms with Crippen LogP contribution in [-0.4, -0.2) is 11.2 Å². The molecule has 0 radical (unpaired) electrons. The molecule has 0 fully saturated rings. The van der Waals surface area contributed by atoms with Crippen LogP contribution < -0.4 is 5.73 Å². The number of fused-ring (bicyclic) bond motifs is 2. The Morgan fingerprint density at radius 1 is 0.875 bits per heavy atom. The van der Waals surface area contributed by atoms with E-state index in [2.05, 4.69) is 44.2 Å². The zero-order valence-electron chi connectivity index (χ0n) is 14.3. The number of hydrogen-bond donors (Lipinski definition) is 2. The van der Waals surface area contributed by atoms with Crippen LogP contribution in [0.2, 0.25) is 0 Å². The summed E-state index contributed by atoms with van der Waals surface area (Å²) in [5.41, 5.74) is 7.57. The van der Waals surface area contributed by atoms with Gasteiger partial charge in [-0.05, 0) is 51.9 Å². The molecule has 3 N–H and O–H groups in total. The van der Waals surface area contributed by atoms with Crippen molar-refractivity contribution in [1.82, 2.24) is 0 Å². The lowest BCUT2D eigenvalue weighted by Crippen LogP contribution is -2.27. The van der Waals surface area contributed by atoms with Gasteiger partial charge in [-0.25, -0.2) is 0 Å². The molecule has 128 valence electrons. The van der Waals surface area contributed by atoms with Gasteiger partial charge >= 0.3 is 0 Å². The van der Waals surface area contributed by atoms with Crippen LogP contribution in [0.15, 0.2) is 54.6 Å². The lowest BCUT2D eigenvalue weighted by Gasteiger charge is -2.23. The molecule has 0 spiro atoms. The monoisotopic (exact) mass is 343 g/mol. The van der Waals surface area contributed by atoms with Crippen LogP contribution in [0.5, 0.6) is 0 Å². The van der Waals surface area contributed by atoms with Gasteiger partial charge in [0.2, 0.25) is 0 Å². The van der Waals surface area contributed by atoms with E-state index >= 15 is 0 Å². The van der Waals surface area contributed by atoms with Crippen molar-refractivity contribution in [2.75, 3.05) is 0 Å². The van der Waals surface area contributed by atoms with E-state index in [1.807, 2.05) is 24.3 Å². The highest BCUT2D eigenvalue weighted by Crippen LogP contribution is 2.34. The average molecular weight is 344 g/mol. The quantitative estimate of drug-likeness (QED) is 0.624. The van der Waals surface area contributed by atoms with Crippen LogP contribution in [-0.2, 0) is 0 Å². The van der Waals surface area contributed by atoms with Crippen LogP contribution in [0.4, 0.5) is 0 Å². The second-order valence-corrected chi connectivity index (χ2v) is 6.80. The Morgan fingerprint density at radius 2 is 1.38 bits per heavy atom. The van der Waals surface area contributed by atoms with Crippen molar-refractivity contribution < 1.29 is 5.11 Å². The molecule has 0 aromatic heterocycles. The van der Waals surface area contributed by atoms with Crippen molar-refractivity contribution in [3.8, 4) is 0 Å². The molecule has 0 aliphatic carbocycles. The van der Waals surface area contributed by atoms with E-state index in [1.54, 1.807) is 0 Å². The van der Waals surface area contributed by atoms with Gasteiger partial charge in [-0.3, -0.25) is 0 Å². The van der Waals surface area contributed by atoms with Crippen molar-refractivity contribution in [1.29, 1.82) is 0 Å². The smallest absolute Gasteiger partial charge is 0.0733 e. The van der Waals surface area contributed by atoms with Crippen molar-refractivity contribution >= 4 is 34.0 Å². The Balaban J connectivity index is 0.00000208. The second-order valence-electron chi connectivity index (χ2n) is 6.80. The van der Waals surface area contributed by atoms with E-state index < -0.39 is 6.10 Å². The van der Waals surface area contributed by atoms with Crippen LogP contribution in [0.1, 0.15) is 38.3 Å². The first-order chi connectivity index (χ1) is 11.1. The summed E-state index contributed by atoms with van der Waals surface area (Å²) in [4.78, 5) is 0. The van der Waals surface area contributed by atoms with E-state index in [1.165, 1.54) is 10.8 Å². The molecular formula is C21H26ClNO. The molecule has 3 rings (SSSR count). The normalized spacial score (nSPS) is 13.9. The predicted octanol–water partition coefficient (Wildman–Crippen LogP) is 5.21. The minimum Gasteiger partial charge on any atom is -0.391 e. The van der Waals surface area contributed by atoms with Crippen LogP contribution in [0.3, 0.4) is 0 Å². The largest absolute Gasteiger partial charge is 0.391 e. The molecule has 3 aromatic rings. The van der Waals surface area contributed by atoms with Crippen molar-refractivity contribution in [3.05, 3.63) is 60.2 Å². The molecule has 2 nitrogen and oxygen atoms in total. The molecule has 0 bridgehead atoms. The van der Waals surface area contributed by atoms with E-state index in [4.69, 9.17) is 5.73 Å². The molecule has 0 aliphatic heterocycles. The van der Waals surface area contributed by atoms with Gasteiger partial charge in [0.15, 0.2) is 0 Å². The Bertz CT molecular complexity index is 761. The second kappa shape index (κ2) is 7.98. The SMILES string of the molecule is CC(C)CC[C@H](O)[C@H](N)c1c2ccccc2cc2ccccc12.Cl. The van der Waals surface area contributed by atoms with Gasteiger partial charge in [-0.15, -0.1) is 12.4 Å². The Morgan fingerprint density at radius 3 is 1.88 bits per heavy atom. The lowest BCUT2D eigenvalue weighted by molar-refractivity contribution is 0.129. The highest BCUT2D eigenvalue weighted by Gasteiger charge is 2.21. The number of aliphatic hydroxyl groups is 1. The highest BCUT2D eigenvalue weighted by molar-refractivity contribution is 6.02. The average Bonchev–Trinajstić information content (AvgIpc) is 2.56.